The topological polar surface area (TPSA) is 27.7 Å². The molecule has 0 saturated carbocycles. The van der Waals surface area contributed by atoms with Crippen molar-refractivity contribution in [3.8, 4) is 11.5 Å². The Hall–Kier alpha value is -0.0894. The standard InChI is InChI=1S/C31H61BrO3Si3/c1-21(2)37(22(3)4,23(5)6)34-27-18-29(32)28(20-33-36(16,17)31(13,14)15)30(19-27)35-38(24(7)8,25(9)10)26(11)12/h18-19,21-26H,20H2,1-17H3. The van der Waals surface area contributed by atoms with Gasteiger partial charge >= 0.3 is 0 Å². The van der Waals surface area contributed by atoms with E-state index in [1.807, 2.05) is 0 Å². The molecule has 38 heavy (non-hydrogen) atoms. The second-order valence-electron chi connectivity index (χ2n) is 14.8. The van der Waals surface area contributed by atoms with Crippen molar-refractivity contribution in [3.05, 3.63) is 22.2 Å². The molecule has 7 heteroatoms. The van der Waals surface area contributed by atoms with Crippen LogP contribution in [-0.4, -0.2) is 25.0 Å². The number of rotatable bonds is 13. The summed E-state index contributed by atoms with van der Waals surface area (Å²) < 4.78 is 22.3. The molecule has 0 amide bonds. The minimum Gasteiger partial charge on any atom is -0.543 e. The highest BCUT2D eigenvalue weighted by atomic mass is 79.9. The third-order valence-electron chi connectivity index (χ3n) is 9.51. The van der Waals surface area contributed by atoms with E-state index in [4.69, 9.17) is 13.3 Å². The van der Waals surface area contributed by atoms with Crippen molar-refractivity contribution < 1.29 is 13.3 Å². The van der Waals surface area contributed by atoms with Gasteiger partial charge in [0.05, 0.1) is 6.61 Å². The van der Waals surface area contributed by atoms with Gasteiger partial charge in [0.2, 0.25) is 0 Å². The Balaban J connectivity index is 3.83. The zero-order valence-electron chi connectivity index (χ0n) is 27.9. The first-order valence-electron chi connectivity index (χ1n) is 14.9. The summed E-state index contributed by atoms with van der Waals surface area (Å²) in [6, 6.07) is 4.38. The van der Waals surface area contributed by atoms with Crippen LogP contribution in [0.4, 0.5) is 0 Å². The first-order valence-corrected chi connectivity index (χ1v) is 22.9. The van der Waals surface area contributed by atoms with E-state index in [0.717, 1.165) is 21.5 Å². The van der Waals surface area contributed by atoms with Crippen LogP contribution in [-0.2, 0) is 11.0 Å². The van der Waals surface area contributed by atoms with Gasteiger partial charge in [-0.1, -0.05) is 120 Å². The van der Waals surface area contributed by atoms with E-state index in [-0.39, 0.29) is 5.04 Å². The fourth-order valence-corrected chi connectivity index (χ4v) is 18.4. The van der Waals surface area contributed by atoms with Crippen LogP contribution in [0.5, 0.6) is 11.5 Å². The van der Waals surface area contributed by atoms with Crippen LogP contribution in [0.2, 0.25) is 51.4 Å². The molecule has 0 aliphatic carbocycles. The van der Waals surface area contributed by atoms with Gasteiger partial charge in [0.15, 0.2) is 8.32 Å². The fraction of sp³-hybridized carbons (Fsp3) is 0.806. The molecule has 0 aliphatic heterocycles. The zero-order valence-corrected chi connectivity index (χ0v) is 32.5. The molecule has 0 aliphatic rings. The Bertz CT molecular complexity index is 859. The third-order valence-corrected chi connectivity index (χ3v) is 26.7. The van der Waals surface area contributed by atoms with Gasteiger partial charge < -0.3 is 13.3 Å². The van der Waals surface area contributed by atoms with Crippen LogP contribution in [0.15, 0.2) is 16.6 Å². The fourth-order valence-electron chi connectivity index (χ4n) is 6.45. The summed E-state index contributed by atoms with van der Waals surface area (Å²) in [5.74, 6) is 1.89. The SMILES string of the molecule is CC(C)[Si](Oc1cc(Br)c(CO[Si](C)(C)C(C)(C)C)c(O[Si](C(C)C)(C(C)C)C(C)C)c1)(C(C)C)C(C)C. The summed E-state index contributed by atoms with van der Waals surface area (Å²) in [6.07, 6.45) is 0. The first-order chi connectivity index (χ1) is 17.1. The summed E-state index contributed by atoms with van der Waals surface area (Å²) in [4.78, 5) is 0. The molecule has 0 fully saturated rings. The molecule has 0 unspecified atom stereocenters. The minimum atomic E-state index is -2.19. The monoisotopic (exact) mass is 644 g/mol. The Kier molecular flexibility index (Phi) is 12.5. The van der Waals surface area contributed by atoms with Gasteiger partial charge in [0, 0.05) is 16.1 Å². The summed E-state index contributed by atoms with van der Waals surface area (Å²) in [6.45, 7) is 40.2. The summed E-state index contributed by atoms with van der Waals surface area (Å²) in [5, 5.41) is 0.146. The molecule has 1 aromatic carbocycles. The Morgan fingerprint density at radius 2 is 1.03 bits per heavy atom. The molecule has 1 aromatic rings. The molecule has 222 valence electrons. The van der Waals surface area contributed by atoms with E-state index in [2.05, 4.69) is 145 Å². The lowest BCUT2D eigenvalue weighted by Crippen LogP contribution is -2.51. The van der Waals surface area contributed by atoms with Crippen LogP contribution < -0.4 is 8.85 Å². The van der Waals surface area contributed by atoms with E-state index in [0.29, 0.717) is 39.9 Å². The highest BCUT2D eigenvalue weighted by Gasteiger charge is 2.49. The number of benzene rings is 1. The molecular formula is C31H61BrO3Si3. The molecular weight excluding hydrogens is 585 g/mol. The highest BCUT2D eigenvalue weighted by Crippen LogP contribution is 2.48. The van der Waals surface area contributed by atoms with Crippen molar-refractivity contribution >= 4 is 40.9 Å². The lowest BCUT2D eigenvalue weighted by molar-refractivity contribution is 0.271. The van der Waals surface area contributed by atoms with E-state index in [1.165, 1.54) is 0 Å². The lowest BCUT2D eigenvalue weighted by atomic mass is 10.2. The van der Waals surface area contributed by atoms with Crippen LogP contribution in [0.25, 0.3) is 0 Å². The molecule has 0 heterocycles. The second kappa shape index (κ2) is 13.3. The van der Waals surface area contributed by atoms with Gasteiger partial charge in [-0.3, -0.25) is 0 Å². The van der Waals surface area contributed by atoms with Crippen molar-refractivity contribution in [3.63, 3.8) is 0 Å². The van der Waals surface area contributed by atoms with Crippen molar-refractivity contribution in [1.82, 2.24) is 0 Å². The predicted octanol–water partition coefficient (Wildman–Crippen LogP) is 12.1. The van der Waals surface area contributed by atoms with Crippen LogP contribution >= 0.6 is 15.9 Å². The maximum Gasteiger partial charge on any atom is 0.258 e. The summed E-state index contributed by atoms with van der Waals surface area (Å²) in [5.41, 5.74) is 4.07. The molecule has 3 nitrogen and oxygen atoms in total. The highest BCUT2D eigenvalue weighted by molar-refractivity contribution is 9.10. The molecule has 0 atom stereocenters. The summed E-state index contributed by atoms with van der Waals surface area (Å²) in [7, 11) is -6.25. The van der Waals surface area contributed by atoms with E-state index < -0.39 is 25.0 Å². The second-order valence-corrected chi connectivity index (χ2v) is 31.2. The molecule has 1 rings (SSSR count). The van der Waals surface area contributed by atoms with Crippen LogP contribution in [0.3, 0.4) is 0 Å². The van der Waals surface area contributed by atoms with Crippen LogP contribution in [0.1, 0.15) is 109 Å². The van der Waals surface area contributed by atoms with Gasteiger partial charge in [-0.25, -0.2) is 0 Å². The summed E-state index contributed by atoms with van der Waals surface area (Å²) >= 11 is 3.96. The molecule has 0 bridgehead atoms. The minimum absolute atomic E-state index is 0.146. The normalized spacial score (nSPS) is 14.1. The first kappa shape index (κ1) is 35.9. The van der Waals surface area contributed by atoms with Crippen molar-refractivity contribution in [2.75, 3.05) is 0 Å². The average molecular weight is 646 g/mol. The smallest absolute Gasteiger partial charge is 0.258 e. The molecule has 0 saturated heterocycles. The number of hydrogen-bond acceptors (Lipinski definition) is 3. The van der Waals surface area contributed by atoms with E-state index in [9.17, 15) is 0 Å². The van der Waals surface area contributed by atoms with Crippen molar-refractivity contribution in [1.29, 1.82) is 0 Å². The van der Waals surface area contributed by atoms with Gasteiger partial charge in [-0.05, 0) is 57.4 Å². The third kappa shape index (κ3) is 7.40. The molecule has 0 spiro atoms. The predicted molar refractivity (Wildman–Crippen MR) is 179 cm³/mol. The number of hydrogen-bond donors (Lipinski definition) is 0. The number of halogens is 1. The lowest BCUT2D eigenvalue weighted by Gasteiger charge is -2.44. The Labute approximate surface area is 248 Å². The van der Waals surface area contributed by atoms with Gasteiger partial charge in [-0.2, -0.15) is 0 Å². The van der Waals surface area contributed by atoms with E-state index >= 15 is 0 Å². The van der Waals surface area contributed by atoms with Crippen molar-refractivity contribution in [2.45, 2.75) is 162 Å². The van der Waals surface area contributed by atoms with Gasteiger partial charge in [0.25, 0.3) is 16.6 Å². The molecule has 0 N–H and O–H groups in total. The quantitative estimate of drug-likeness (QED) is 0.200. The van der Waals surface area contributed by atoms with Gasteiger partial charge in [-0.15, -0.1) is 0 Å². The largest absolute Gasteiger partial charge is 0.543 e. The average Bonchev–Trinajstić information content (AvgIpc) is 2.72. The van der Waals surface area contributed by atoms with E-state index in [1.54, 1.807) is 0 Å². The maximum atomic E-state index is 7.37. The van der Waals surface area contributed by atoms with Crippen molar-refractivity contribution in [2.24, 2.45) is 0 Å². The molecule has 0 aromatic heterocycles. The maximum absolute atomic E-state index is 7.37. The van der Waals surface area contributed by atoms with Crippen LogP contribution in [0, 0.1) is 0 Å². The Morgan fingerprint density at radius 3 is 1.37 bits per heavy atom. The zero-order chi connectivity index (χ0) is 30.0. The van der Waals surface area contributed by atoms with Gasteiger partial charge in [0.1, 0.15) is 11.5 Å². The molecule has 0 radical (unpaired) electrons. The Morgan fingerprint density at radius 1 is 0.658 bits per heavy atom.